The van der Waals surface area contributed by atoms with Crippen LogP contribution in [-0.2, 0) is 4.74 Å². The molecule has 0 aromatic rings. The van der Waals surface area contributed by atoms with Crippen LogP contribution >= 0.6 is 24.0 Å². The van der Waals surface area contributed by atoms with Crippen LogP contribution in [0.2, 0.25) is 0 Å². The Kier molecular flexibility index (Phi) is 14.2. The molecule has 138 valence electrons. The molecule has 0 aliphatic carbocycles. The van der Waals surface area contributed by atoms with Gasteiger partial charge in [-0.25, -0.2) is 0 Å². The van der Waals surface area contributed by atoms with E-state index in [1.54, 1.807) is 0 Å². The van der Waals surface area contributed by atoms with Crippen LogP contribution in [0, 0.1) is 11.8 Å². The summed E-state index contributed by atoms with van der Waals surface area (Å²) < 4.78 is 5.58. The lowest BCUT2D eigenvalue weighted by molar-refractivity contribution is 0.108. The number of ether oxygens (including phenoxy) is 1. The minimum Gasteiger partial charge on any atom is -0.381 e. The molecule has 1 fully saturated rings. The highest BCUT2D eigenvalue weighted by atomic mass is 127. The summed E-state index contributed by atoms with van der Waals surface area (Å²) in [6.45, 7) is 10.4. The van der Waals surface area contributed by atoms with Crippen LogP contribution in [0.25, 0.3) is 0 Å². The average molecular weight is 440 g/mol. The molecule has 23 heavy (non-hydrogen) atoms. The van der Waals surface area contributed by atoms with Gasteiger partial charge in [-0.15, -0.1) is 24.0 Å². The van der Waals surface area contributed by atoms with Gasteiger partial charge in [0, 0.05) is 33.4 Å². The topological polar surface area (TPSA) is 48.9 Å². The van der Waals surface area contributed by atoms with Crippen molar-refractivity contribution in [3.63, 3.8) is 0 Å². The van der Waals surface area contributed by atoms with E-state index in [9.17, 15) is 0 Å². The number of hydrogen-bond acceptors (Lipinski definition) is 3. The molecule has 0 amide bonds. The highest BCUT2D eigenvalue weighted by Gasteiger charge is 2.16. The average Bonchev–Trinajstić information content (AvgIpc) is 2.50. The lowest BCUT2D eigenvalue weighted by Gasteiger charge is -2.29. The Balaban J connectivity index is 0.00000484. The van der Waals surface area contributed by atoms with Gasteiger partial charge in [0.1, 0.15) is 0 Å². The Bertz CT molecular complexity index is 305. The maximum atomic E-state index is 5.58. The Morgan fingerprint density at radius 1 is 1.22 bits per heavy atom. The van der Waals surface area contributed by atoms with Crippen LogP contribution in [0.3, 0.4) is 0 Å². The fourth-order valence-electron chi connectivity index (χ4n) is 2.67. The zero-order valence-electron chi connectivity index (χ0n) is 15.4. The number of likely N-dealkylation sites (tertiary alicyclic amines) is 1. The fourth-order valence-corrected chi connectivity index (χ4v) is 2.67. The Labute approximate surface area is 160 Å². The molecule has 5 nitrogen and oxygen atoms in total. The van der Waals surface area contributed by atoms with Crippen LogP contribution in [0.1, 0.15) is 39.5 Å². The molecule has 1 aliphatic heterocycles. The Hall–Kier alpha value is -0.0800. The molecule has 0 aromatic heterocycles. The Morgan fingerprint density at radius 2 is 1.87 bits per heavy atom. The van der Waals surface area contributed by atoms with Gasteiger partial charge in [-0.05, 0) is 57.7 Å². The summed E-state index contributed by atoms with van der Waals surface area (Å²) in [5, 5.41) is 6.77. The van der Waals surface area contributed by atoms with E-state index in [1.807, 2.05) is 7.05 Å². The molecule has 0 radical (unpaired) electrons. The molecule has 1 aliphatic rings. The second-order valence-electron chi connectivity index (χ2n) is 6.78. The van der Waals surface area contributed by atoms with Crippen molar-refractivity contribution in [2.45, 2.75) is 39.5 Å². The van der Waals surface area contributed by atoms with Gasteiger partial charge in [0.05, 0.1) is 0 Å². The second kappa shape index (κ2) is 14.3. The molecule has 0 aromatic carbocycles. The van der Waals surface area contributed by atoms with Crippen molar-refractivity contribution in [1.29, 1.82) is 0 Å². The molecule has 0 spiro atoms. The molecule has 1 saturated heterocycles. The van der Waals surface area contributed by atoms with E-state index in [0.29, 0.717) is 5.92 Å². The van der Waals surface area contributed by atoms with Crippen LogP contribution in [0.4, 0.5) is 0 Å². The van der Waals surface area contributed by atoms with E-state index in [1.165, 1.54) is 32.4 Å². The van der Waals surface area contributed by atoms with Crippen molar-refractivity contribution in [3.8, 4) is 0 Å². The van der Waals surface area contributed by atoms with Gasteiger partial charge in [0.15, 0.2) is 5.96 Å². The van der Waals surface area contributed by atoms with Gasteiger partial charge in [0.25, 0.3) is 0 Å². The standard InChI is InChI=1S/C17H36N4O.HI/c1-15(2)14-22-13-5-9-19-17(18-3)20-10-6-16-7-11-21(4)12-8-16;/h15-16H,5-14H2,1-4H3,(H2,18,19,20);1H. The minimum absolute atomic E-state index is 0. The highest BCUT2D eigenvalue weighted by molar-refractivity contribution is 14.0. The SMILES string of the molecule is CN=C(NCCCOCC(C)C)NCCC1CCN(C)CC1.I. The summed E-state index contributed by atoms with van der Waals surface area (Å²) in [5.74, 6) is 2.39. The molecule has 0 saturated carbocycles. The van der Waals surface area contributed by atoms with Crippen molar-refractivity contribution in [2.24, 2.45) is 16.8 Å². The summed E-state index contributed by atoms with van der Waals surface area (Å²) in [7, 11) is 4.05. The first-order valence-electron chi connectivity index (χ1n) is 8.82. The van der Waals surface area contributed by atoms with E-state index in [-0.39, 0.29) is 24.0 Å². The monoisotopic (exact) mass is 440 g/mol. The number of hydrogen-bond donors (Lipinski definition) is 2. The van der Waals surface area contributed by atoms with Gasteiger partial charge in [-0.2, -0.15) is 0 Å². The lowest BCUT2D eigenvalue weighted by atomic mass is 9.94. The van der Waals surface area contributed by atoms with E-state index in [4.69, 9.17) is 4.74 Å². The third kappa shape index (κ3) is 12.0. The Morgan fingerprint density at radius 3 is 2.48 bits per heavy atom. The second-order valence-corrected chi connectivity index (χ2v) is 6.78. The number of nitrogens with zero attached hydrogens (tertiary/aromatic N) is 2. The number of aliphatic imine (C=N–C) groups is 1. The molecule has 0 unspecified atom stereocenters. The first-order valence-corrected chi connectivity index (χ1v) is 8.82. The van der Waals surface area contributed by atoms with Gasteiger partial charge in [-0.3, -0.25) is 4.99 Å². The van der Waals surface area contributed by atoms with Gasteiger partial charge < -0.3 is 20.3 Å². The third-order valence-electron chi connectivity index (χ3n) is 4.12. The van der Waals surface area contributed by atoms with Crippen molar-refractivity contribution in [2.75, 3.05) is 53.5 Å². The summed E-state index contributed by atoms with van der Waals surface area (Å²) >= 11 is 0. The minimum atomic E-state index is 0. The van der Waals surface area contributed by atoms with E-state index in [0.717, 1.165) is 44.6 Å². The lowest BCUT2D eigenvalue weighted by Crippen LogP contribution is -2.39. The number of halogens is 1. The number of guanidine groups is 1. The molecule has 6 heteroatoms. The maximum absolute atomic E-state index is 5.58. The van der Waals surface area contributed by atoms with Gasteiger partial charge in [-0.1, -0.05) is 13.8 Å². The van der Waals surface area contributed by atoms with E-state index >= 15 is 0 Å². The van der Waals surface area contributed by atoms with E-state index in [2.05, 4.69) is 41.4 Å². The van der Waals surface area contributed by atoms with Gasteiger partial charge in [0.2, 0.25) is 0 Å². The van der Waals surface area contributed by atoms with Crippen molar-refractivity contribution < 1.29 is 4.74 Å². The summed E-state index contributed by atoms with van der Waals surface area (Å²) in [5.41, 5.74) is 0. The van der Waals surface area contributed by atoms with Gasteiger partial charge >= 0.3 is 0 Å². The van der Waals surface area contributed by atoms with Crippen molar-refractivity contribution >= 4 is 29.9 Å². The molecule has 1 rings (SSSR count). The van der Waals surface area contributed by atoms with Crippen LogP contribution in [0.15, 0.2) is 4.99 Å². The van der Waals surface area contributed by atoms with E-state index < -0.39 is 0 Å². The van der Waals surface area contributed by atoms with Crippen molar-refractivity contribution in [1.82, 2.24) is 15.5 Å². The number of nitrogens with one attached hydrogen (secondary N) is 2. The predicted molar refractivity (Wildman–Crippen MR) is 110 cm³/mol. The van der Waals surface area contributed by atoms with Crippen LogP contribution in [-0.4, -0.2) is 64.3 Å². The summed E-state index contributed by atoms with van der Waals surface area (Å²) in [4.78, 5) is 6.70. The highest BCUT2D eigenvalue weighted by Crippen LogP contribution is 2.18. The molecule has 1 heterocycles. The third-order valence-corrected chi connectivity index (χ3v) is 4.12. The molecule has 2 N–H and O–H groups in total. The smallest absolute Gasteiger partial charge is 0.190 e. The van der Waals surface area contributed by atoms with Crippen LogP contribution in [0.5, 0.6) is 0 Å². The maximum Gasteiger partial charge on any atom is 0.190 e. The predicted octanol–water partition coefficient (Wildman–Crippen LogP) is 2.56. The number of rotatable bonds is 9. The number of piperidine rings is 1. The molecule has 0 atom stereocenters. The quantitative estimate of drug-likeness (QED) is 0.251. The first-order chi connectivity index (χ1) is 10.6. The molecular formula is C17H37IN4O. The first kappa shape index (κ1) is 22.9. The zero-order valence-corrected chi connectivity index (χ0v) is 17.8. The van der Waals surface area contributed by atoms with Crippen molar-refractivity contribution in [3.05, 3.63) is 0 Å². The molecular weight excluding hydrogens is 403 g/mol. The normalized spacial score (nSPS) is 17.2. The fraction of sp³-hybridized carbons (Fsp3) is 0.941. The summed E-state index contributed by atoms with van der Waals surface area (Å²) in [6.07, 6.45) is 4.92. The zero-order chi connectivity index (χ0) is 16.2. The summed E-state index contributed by atoms with van der Waals surface area (Å²) in [6, 6.07) is 0. The largest absolute Gasteiger partial charge is 0.381 e. The molecule has 0 bridgehead atoms. The van der Waals surface area contributed by atoms with Crippen LogP contribution < -0.4 is 10.6 Å².